The van der Waals surface area contributed by atoms with Crippen LogP contribution in [0.2, 0.25) is 0 Å². The molecule has 0 saturated heterocycles. The summed E-state index contributed by atoms with van der Waals surface area (Å²) >= 11 is 2.76. The van der Waals surface area contributed by atoms with Crippen molar-refractivity contribution < 1.29 is 19.1 Å². The first kappa shape index (κ1) is 21.7. The molecule has 156 valence electrons. The van der Waals surface area contributed by atoms with Gasteiger partial charge in [0.2, 0.25) is 0 Å². The molecule has 0 unspecified atom stereocenters. The first-order valence-corrected chi connectivity index (χ1v) is 11.0. The molecular weight excluding hydrogens is 422 g/mol. The molecule has 0 aliphatic carbocycles. The van der Waals surface area contributed by atoms with E-state index in [2.05, 4.69) is 0 Å². The topological polar surface area (TPSA) is 74.6 Å². The number of carbonyl (C=O) groups is 2. The zero-order valence-electron chi connectivity index (χ0n) is 16.8. The van der Waals surface area contributed by atoms with Crippen molar-refractivity contribution in [3.8, 4) is 5.75 Å². The highest BCUT2D eigenvalue weighted by Crippen LogP contribution is 2.20. The van der Waals surface area contributed by atoms with Crippen LogP contribution in [0.1, 0.15) is 35.3 Å². The zero-order chi connectivity index (χ0) is 21.7. The molecule has 0 atom stereocenters. The molecule has 0 amide bonds. The van der Waals surface area contributed by atoms with Crippen LogP contribution < -0.4 is 19.5 Å². The second-order valence-electron chi connectivity index (χ2n) is 6.38. The van der Waals surface area contributed by atoms with E-state index in [0.717, 1.165) is 5.56 Å². The van der Waals surface area contributed by atoms with E-state index in [4.69, 9.17) is 9.47 Å². The van der Waals surface area contributed by atoms with Crippen molar-refractivity contribution in [3.05, 3.63) is 71.3 Å². The number of thiazole rings is 1. The lowest BCUT2D eigenvalue weighted by molar-refractivity contribution is -0.135. The molecule has 2 heterocycles. The molecule has 8 heteroatoms. The van der Waals surface area contributed by atoms with Gasteiger partial charge in [-0.1, -0.05) is 0 Å². The maximum atomic E-state index is 13.1. The Morgan fingerprint density at radius 2 is 2.03 bits per heavy atom. The van der Waals surface area contributed by atoms with E-state index in [0.29, 0.717) is 26.1 Å². The number of hydrogen-bond acceptors (Lipinski definition) is 7. The van der Waals surface area contributed by atoms with E-state index < -0.39 is 5.97 Å². The number of ether oxygens (including phenoxy) is 2. The van der Waals surface area contributed by atoms with Crippen molar-refractivity contribution in [2.24, 2.45) is 0 Å². The summed E-state index contributed by atoms with van der Waals surface area (Å²) in [5.74, 6) is -0.0380. The molecule has 30 heavy (non-hydrogen) atoms. The van der Waals surface area contributed by atoms with Gasteiger partial charge in [0, 0.05) is 11.1 Å². The predicted octanol–water partition coefficient (Wildman–Crippen LogP) is 2.40. The second-order valence-corrected chi connectivity index (χ2v) is 8.22. The number of rotatable bonds is 7. The lowest BCUT2D eigenvalue weighted by Crippen LogP contribution is -2.32. The number of thiophene rings is 1. The number of hydrogen-bond donors (Lipinski definition) is 0. The van der Waals surface area contributed by atoms with E-state index in [-0.39, 0.29) is 24.5 Å². The number of aromatic nitrogens is 1. The molecule has 2 aromatic heterocycles. The Balaban J connectivity index is 2.17. The Bertz CT molecular complexity index is 1240. The van der Waals surface area contributed by atoms with E-state index in [9.17, 15) is 14.4 Å². The fourth-order valence-electron chi connectivity index (χ4n) is 2.88. The van der Waals surface area contributed by atoms with Gasteiger partial charge in [-0.2, -0.15) is 11.3 Å². The highest BCUT2D eigenvalue weighted by molar-refractivity contribution is 7.08. The molecule has 0 bridgehead atoms. The largest absolute Gasteiger partial charge is 0.496 e. The summed E-state index contributed by atoms with van der Waals surface area (Å²) in [4.78, 5) is 37.0. The quantitative estimate of drug-likeness (QED) is 0.414. The highest BCUT2D eigenvalue weighted by atomic mass is 32.1. The van der Waals surface area contributed by atoms with Crippen molar-refractivity contribution in [2.75, 3.05) is 13.7 Å². The number of benzene rings is 1. The Hall–Kier alpha value is -2.97. The maximum Gasteiger partial charge on any atom is 0.333 e. The third kappa shape index (κ3) is 4.95. The zero-order valence-corrected chi connectivity index (χ0v) is 18.5. The van der Waals surface area contributed by atoms with Crippen molar-refractivity contribution >= 4 is 46.6 Å². The van der Waals surface area contributed by atoms with E-state index in [1.54, 1.807) is 31.2 Å². The van der Waals surface area contributed by atoms with Crippen LogP contribution in [0.3, 0.4) is 0 Å². The van der Waals surface area contributed by atoms with Crippen molar-refractivity contribution in [1.29, 1.82) is 0 Å². The lowest BCUT2D eigenvalue weighted by Gasteiger charge is -2.10. The van der Waals surface area contributed by atoms with Gasteiger partial charge in [0.15, 0.2) is 5.78 Å². The average molecular weight is 444 g/mol. The second kappa shape index (κ2) is 9.69. The number of methoxy groups -OCH3 is 1. The van der Waals surface area contributed by atoms with Crippen LogP contribution in [0.5, 0.6) is 5.75 Å². The van der Waals surface area contributed by atoms with E-state index in [1.165, 1.54) is 47.4 Å². The number of nitrogens with zero attached hydrogens (tertiary/aromatic N) is 1. The average Bonchev–Trinajstić information content (AvgIpc) is 3.32. The standard InChI is InChI=1S/C22H21NO5S2/c1-4-28-21(25)11-20-23(22(26)19(30-20)9-15-7-8-29-13-15)12-17-10-16(14(2)24)5-6-18(17)27-3/h5-11,13H,4,12H2,1-3H3/b19-9-,20-11-. The third-order valence-electron chi connectivity index (χ3n) is 4.32. The minimum atomic E-state index is -0.515. The van der Waals surface area contributed by atoms with Crippen LogP contribution in [-0.2, 0) is 16.1 Å². The van der Waals surface area contributed by atoms with Gasteiger partial charge < -0.3 is 9.47 Å². The molecule has 0 saturated carbocycles. The molecule has 1 aromatic carbocycles. The molecule has 0 aliphatic heterocycles. The van der Waals surface area contributed by atoms with Gasteiger partial charge in [0.25, 0.3) is 5.56 Å². The summed E-state index contributed by atoms with van der Waals surface area (Å²) in [6.07, 6.45) is 3.12. The van der Waals surface area contributed by atoms with Crippen LogP contribution >= 0.6 is 22.7 Å². The summed E-state index contributed by atoms with van der Waals surface area (Å²) < 4.78 is 12.9. The summed E-state index contributed by atoms with van der Waals surface area (Å²) in [6, 6.07) is 7.02. The van der Waals surface area contributed by atoms with Gasteiger partial charge in [0.05, 0.1) is 30.9 Å². The fraction of sp³-hybridized carbons (Fsp3) is 0.227. The molecule has 3 rings (SSSR count). The predicted molar refractivity (Wildman–Crippen MR) is 119 cm³/mol. The number of carbonyl (C=O) groups excluding carboxylic acids is 2. The van der Waals surface area contributed by atoms with Crippen molar-refractivity contribution in [1.82, 2.24) is 4.57 Å². The lowest BCUT2D eigenvalue weighted by atomic mass is 10.1. The van der Waals surface area contributed by atoms with Crippen molar-refractivity contribution in [2.45, 2.75) is 20.4 Å². The summed E-state index contributed by atoms with van der Waals surface area (Å²) in [7, 11) is 1.53. The summed E-state index contributed by atoms with van der Waals surface area (Å²) in [5, 5.41) is 3.87. The smallest absolute Gasteiger partial charge is 0.333 e. The van der Waals surface area contributed by atoms with Crippen LogP contribution in [0.15, 0.2) is 39.8 Å². The summed E-state index contributed by atoms with van der Waals surface area (Å²) in [5.41, 5.74) is 1.89. The van der Waals surface area contributed by atoms with Gasteiger partial charge in [-0.15, -0.1) is 11.3 Å². The minimum Gasteiger partial charge on any atom is -0.496 e. The third-order valence-corrected chi connectivity index (χ3v) is 6.08. The molecular formula is C22H21NO5S2. The molecule has 0 radical (unpaired) electrons. The first-order valence-electron chi connectivity index (χ1n) is 9.22. The maximum absolute atomic E-state index is 13.1. The van der Waals surface area contributed by atoms with Gasteiger partial charge in [-0.3, -0.25) is 14.2 Å². The van der Waals surface area contributed by atoms with Crippen LogP contribution in [0, 0.1) is 0 Å². The van der Waals surface area contributed by atoms with Gasteiger partial charge in [-0.05, 0) is 60.5 Å². The van der Waals surface area contributed by atoms with Gasteiger partial charge in [-0.25, -0.2) is 4.79 Å². The molecule has 3 aromatic rings. The Labute approximate surface area is 181 Å². The summed E-state index contributed by atoms with van der Waals surface area (Å²) in [6.45, 7) is 3.60. The molecule has 0 N–H and O–H groups in total. The number of ketones is 1. The normalized spacial score (nSPS) is 12.2. The SMILES string of the molecule is CCOC(=O)/C=c1\s/c(=C\c2ccsc2)c(=O)n1Cc1cc(C(C)=O)ccc1OC. The van der Waals surface area contributed by atoms with Crippen LogP contribution in [-0.4, -0.2) is 30.0 Å². The van der Waals surface area contributed by atoms with Gasteiger partial charge >= 0.3 is 5.97 Å². The monoisotopic (exact) mass is 443 g/mol. The molecule has 0 spiro atoms. The fourth-order valence-corrected chi connectivity index (χ4v) is 4.53. The first-order chi connectivity index (χ1) is 14.4. The molecule has 0 aliphatic rings. The Kier molecular flexibility index (Phi) is 7.02. The Morgan fingerprint density at radius 3 is 2.67 bits per heavy atom. The number of Topliss-reactive ketones (excluding diaryl/α,β-unsaturated/α-hetero) is 1. The van der Waals surface area contributed by atoms with Crippen LogP contribution in [0.25, 0.3) is 12.2 Å². The van der Waals surface area contributed by atoms with Crippen molar-refractivity contribution in [3.63, 3.8) is 0 Å². The molecule has 0 fully saturated rings. The Morgan fingerprint density at radius 1 is 1.23 bits per heavy atom. The number of esters is 1. The highest BCUT2D eigenvalue weighted by Gasteiger charge is 2.13. The van der Waals surface area contributed by atoms with Crippen LogP contribution in [0.4, 0.5) is 0 Å². The molecule has 6 nitrogen and oxygen atoms in total. The minimum absolute atomic E-state index is 0.0821. The van der Waals surface area contributed by atoms with E-state index in [1.807, 2.05) is 16.8 Å². The van der Waals surface area contributed by atoms with Gasteiger partial charge in [0.1, 0.15) is 10.4 Å². The van der Waals surface area contributed by atoms with E-state index >= 15 is 0 Å².